The molecule has 0 saturated carbocycles. The van der Waals surface area contributed by atoms with Gasteiger partial charge in [-0.15, -0.1) is 0 Å². The zero-order valence-corrected chi connectivity index (χ0v) is 11.2. The topological polar surface area (TPSA) is 86.6 Å². The van der Waals surface area contributed by atoms with Gasteiger partial charge < -0.3 is 15.5 Å². The van der Waals surface area contributed by atoms with Gasteiger partial charge in [0, 0.05) is 13.0 Å². The van der Waals surface area contributed by atoms with E-state index in [0.29, 0.717) is 0 Å². The summed E-state index contributed by atoms with van der Waals surface area (Å²) in [6.45, 7) is -0.265. The quantitative estimate of drug-likeness (QED) is 0.751. The van der Waals surface area contributed by atoms with Crippen LogP contribution in [0.1, 0.15) is 36.3 Å². The second kappa shape index (κ2) is 6.52. The lowest BCUT2D eigenvalue weighted by molar-refractivity contribution is -0.142. The molecule has 2 unspecified atom stereocenters. The van der Waals surface area contributed by atoms with Gasteiger partial charge in [0.2, 0.25) is 5.91 Å². The van der Waals surface area contributed by atoms with E-state index in [2.05, 4.69) is 5.32 Å². The van der Waals surface area contributed by atoms with Gasteiger partial charge in [0.25, 0.3) is 0 Å². The highest BCUT2D eigenvalue weighted by atomic mass is 16.4. The van der Waals surface area contributed by atoms with Crippen molar-refractivity contribution in [1.29, 1.82) is 0 Å². The fourth-order valence-electron chi connectivity index (χ4n) is 2.69. The van der Waals surface area contributed by atoms with E-state index in [9.17, 15) is 9.59 Å². The fourth-order valence-corrected chi connectivity index (χ4v) is 2.69. The van der Waals surface area contributed by atoms with Crippen molar-refractivity contribution in [1.82, 2.24) is 5.32 Å². The Labute approximate surface area is 117 Å². The predicted molar refractivity (Wildman–Crippen MR) is 73.4 cm³/mol. The second-order valence-electron chi connectivity index (χ2n) is 5.06. The summed E-state index contributed by atoms with van der Waals surface area (Å²) in [5.41, 5.74) is 2.15. The van der Waals surface area contributed by atoms with Crippen LogP contribution >= 0.6 is 0 Å². The lowest BCUT2D eigenvalue weighted by Gasteiger charge is -2.26. The van der Waals surface area contributed by atoms with Crippen LogP contribution < -0.4 is 5.32 Å². The number of aliphatic hydroxyl groups excluding tert-OH is 1. The first kappa shape index (κ1) is 14.5. The van der Waals surface area contributed by atoms with Crippen LogP contribution in [-0.4, -0.2) is 34.7 Å². The number of nitrogens with one attached hydrogen (secondary N) is 1. The SMILES string of the molecule is O=C(O)C(CCO)NC(=O)C1CCCc2ccccc21. The fraction of sp³-hybridized carbons (Fsp3) is 0.467. The molecule has 1 aliphatic carbocycles. The normalized spacial score (nSPS) is 18.9. The first-order valence-electron chi connectivity index (χ1n) is 6.85. The molecule has 5 heteroatoms. The standard InChI is InChI=1S/C15H19NO4/c17-9-8-13(15(19)20)16-14(18)12-7-3-5-10-4-1-2-6-11(10)12/h1-2,4,6,12-13,17H,3,5,7-9H2,(H,16,18)(H,19,20). The lowest BCUT2D eigenvalue weighted by atomic mass is 9.82. The summed E-state index contributed by atoms with van der Waals surface area (Å²) < 4.78 is 0. The van der Waals surface area contributed by atoms with Crippen molar-refractivity contribution in [3.8, 4) is 0 Å². The number of fused-ring (bicyclic) bond motifs is 1. The molecule has 5 nitrogen and oxygen atoms in total. The highest BCUT2D eigenvalue weighted by molar-refractivity contribution is 5.88. The largest absolute Gasteiger partial charge is 0.480 e. The van der Waals surface area contributed by atoms with E-state index in [-0.39, 0.29) is 24.9 Å². The number of hydrogen-bond donors (Lipinski definition) is 3. The summed E-state index contributed by atoms with van der Waals surface area (Å²) in [5.74, 6) is -1.67. The van der Waals surface area contributed by atoms with Gasteiger partial charge in [0.05, 0.1) is 5.92 Å². The molecule has 0 aromatic heterocycles. The first-order valence-corrected chi connectivity index (χ1v) is 6.85. The van der Waals surface area contributed by atoms with Crippen LogP contribution in [0.15, 0.2) is 24.3 Å². The van der Waals surface area contributed by atoms with E-state index in [4.69, 9.17) is 10.2 Å². The van der Waals surface area contributed by atoms with E-state index < -0.39 is 12.0 Å². The van der Waals surface area contributed by atoms with Crippen LogP contribution in [0.25, 0.3) is 0 Å². The van der Waals surface area contributed by atoms with Gasteiger partial charge in [-0.2, -0.15) is 0 Å². The molecule has 0 spiro atoms. The maximum Gasteiger partial charge on any atom is 0.326 e. The van der Waals surface area contributed by atoms with E-state index in [1.165, 1.54) is 0 Å². The average Bonchev–Trinajstić information content (AvgIpc) is 2.46. The molecular weight excluding hydrogens is 258 g/mol. The Hall–Kier alpha value is -1.88. The van der Waals surface area contributed by atoms with Crippen molar-refractivity contribution in [2.24, 2.45) is 0 Å². The number of benzene rings is 1. The van der Waals surface area contributed by atoms with Crippen LogP contribution in [0.4, 0.5) is 0 Å². The van der Waals surface area contributed by atoms with Crippen molar-refractivity contribution in [2.45, 2.75) is 37.6 Å². The number of hydrogen-bond acceptors (Lipinski definition) is 3. The second-order valence-corrected chi connectivity index (χ2v) is 5.06. The van der Waals surface area contributed by atoms with Crippen LogP contribution in [0.2, 0.25) is 0 Å². The van der Waals surface area contributed by atoms with Gasteiger partial charge in [0.1, 0.15) is 6.04 Å². The molecule has 0 bridgehead atoms. The lowest BCUT2D eigenvalue weighted by Crippen LogP contribution is -2.44. The Bertz CT molecular complexity index is 500. The molecule has 2 atom stereocenters. The molecule has 0 heterocycles. The van der Waals surface area contributed by atoms with Crippen molar-refractivity contribution in [3.05, 3.63) is 35.4 Å². The Balaban J connectivity index is 2.12. The summed E-state index contributed by atoms with van der Waals surface area (Å²) in [5, 5.41) is 20.4. The van der Waals surface area contributed by atoms with Gasteiger partial charge in [-0.1, -0.05) is 24.3 Å². The molecule has 0 fully saturated rings. The minimum atomic E-state index is -1.11. The van der Waals surface area contributed by atoms with Crippen LogP contribution in [0.3, 0.4) is 0 Å². The van der Waals surface area contributed by atoms with Crippen molar-refractivity contribution in [2.75, 3.05) is 6.61 Å². The number of amides is 1. The molecule has 0 radical (unpaired) electrons. The summed E-state index contributed by atoms with van der Waals surface area (Å²) >= 11 is 0. The Morgan fingerprint density at radius 2 is 2.10 bits per heavy atom. The third kappa shape index (κ3) is 3.17. The Morgan fingerprint density at radius 1 is 1.35 bits per heavy atom. The summed E-state index contributed by atoms with van der Waals surface area (Å²) in [4.78, 5) is 23.3. The molecule has 108 valence electrons. The highest BCUT2D eigenvalue weighted by Gasteiger charge is 2.29. The molecule has 0 aliphatic heterocycles. The Morgan fingerprint density at radius 3 is 2.80 bits per heavy atom. The third-order valence-corrected chi connectivity index (χ3v) is 3.72. The van der Waals surface area contributed by atoms with E-state index in [1.807, 2.05) is 24.3 Å². The maximum atomic E-state index is 12.3. The van der Waals surface area contributed by atoms with Gasteiger partial charge in [0.15, 0.2) is 0 Å². The molecular formula is C15H19NO4. The molecule has 3 N–H and O–H groups in total. The van der Waals surface area contributed by atoms with Crippen LogP contribution in [0, 0.1) is 0 Å². The molecule has 2 rings (SSSR count). The smallest absolute Gasteiger partial charge is 0.326 e. The summed E-state index contributed by atoms with van der Waals surface area (Å²) in [6.07, 6.45) is 2.63. The molecule has 0 saturated heterocycles. The van der Waals surface area contributed by atoms with E-state index in [0.717, 1.165) is 30.4 Å². The number of carbonyl (C=O) groups is 2. The number of aryl methyl sites for hydroxylation is 1. The average molecular weight is 277 g/mol. The number of carbonyl (C=O) groups excluding carboxylic acids is 1. The first-order chi connectivity index (χ1) is 9.63. The van der Waals surface area contributed by atoms with Crippen molar-refractivity contribution in [3.63, 3.8) is 0 Å². The maximum absolute atomic E-state index is 12.3. The number of aliphatic hydroxyl groups is 1. The molecule has 1 aromatic carbocycles. The minimum absolute atomic E-state index is 0.0233. The Kier molecular flexibility index (Phi) is 4.74. The third-order valence-electron chi connectivity index (χ3n) is 3.72. The van der Waals surface area contributed by atoms with Crippen LogP contribution in [-0.2, 0) is 16.0 Å². The minimum Gasteiger partial charge on any atom is -0.480 e. The summed E-state index contributed by atoms with van der Waals surface area (Å²) in [7, 11) is 0. The monoisotopic (exact) mass is 277 g/mol. The van der Waals surface area contributed by atoms with Crippen LogP contribution in [0.5, 0.6) is 0 Å². The van der Waals surface area contributed by atoms with Gasteiger partial charge in [-0.3, -0.25) is 4.79 Å². The zero-order valence-electron chi connectivity index (χ0n) is 11.2. The van der Waals surface area contributed by atoms with E-state index >= 15 is 0 Å². The molecule has 1 aliphatic rings. The molecule has 1 amide bonds. The molecule has 1 aromatic rings. The highest BCUT2D eigenvalue weighted by Crippen LogP contribution is 2.31. The van der Waals surface area contributed by atoms with E-state index in [1.54, 1.807) is 0 Å². The summed E-state index contributed by atoms with van der Waals surface area (Å²) in [6, 6.07) is 6.76. The molecule has 20 heavy (non-hydrogen) atoms. The number of rotatable bonds is 5. The van der Waals surface area contributed by atoms with Gasteiger partial charge >= 0.3 is 5.97 Å². The zero-order chi connectivity index (χ0) is 14.5. The van der Waals surface area contributed by atoms with Crippen molar-refractivity contribution < 1.29 is 19.8 Å². The number of carboxylic acids is 1. The van der Waals surface area contributed by atoms with Gasteiger partial charge in [-0.05, 0) is 30.4 Å². The van der Waals surface area contributed by atoms with Crippen molar-refractivity contribution >= 4 is 11.9 Å². The van der Waals surface area contributed by atoms with Gasteiger partial charge in [-0.25, -0.2) is 4.79 Å². The predicted octanol–water partition coefficient (Wildman–Crippen LogP) is 1.06. The number of aliphatic carboxylic acids is 1. The number of carboxylic acid groups (broad SMARTS) is 1.